The second-order valence-electron chi connectivity index (χ2n) is 4.94. The Morgan fingerprint density at radius 1 is 1.55 bits per heavy atom. The summed E-state index contributed by atoms with van der Waals surface area (Å²) >= 11 is 3.06. The Bertz CT molecular complexity index is 623. The van der Waals surface area contributed by atoms with E-state index in [1.54, 1.807) is 0 Å². The van der Waals surface area contributed by atoms with Crippen LogP contribution in [0.2, 0.25) is 0 Å². The molecule has 5 nitrogen and oxygen atoms in total. The summed E-state index contributed by atoms with van der Waals surface area (Å²) in [6.07, 6.45) is 0.679. The van der Waals surface area contributed by atoms with Crippen LogP contribution in [0.3, 0.4) is 0 Å². The zero-order valence-corrected chi connectivity index (χ0v) is 13.3. The van der Waals surface area contributed by atoms with E-state index in [1.807, 2.05) is 6.92 Å². The molecule has 8 heteroatoms. The molecule has 0 bridgehead atoms. The number of nitrogens with two attached hydrogens (primary N) is 1. The first-order valence-corrected chi connectivity index (χ1v) is 8.39. The van der Waals surface area contributed by atoms with Crippen molar-refractivity contribution in [3.8, 4) is 0 Å². The van der Waals surface area contributed by atoms with Gasteiger partial charge in [-0.2, -0.15) is 4.31 Å². The van der Waals surface area contributed by atoms with Crippen LogP contribution in [-0.4, -0.2) is 37.0 Å². The molecule has 0 spiro atoms. The lowest BCUT2D eigenvalue weighted by Gasteiger charge is -2.25. The molecule has 2 rings (SSSR count). The van der Waals surface area contributed by atoms with Gasteiger partial charge in [-0.15, -0.1) is 0 Å². The van der Waals surface area contributed by atoms with Crippen LogP contribution in [0.15, 0.2) is 21.5 Å². The number of nitrogen functional groups attached to an aromatic ring is 1. The van der Waals surface area contributed by atoms with E-state index in [1.165, 1.54) is 4.31 Å². The zero-order valence-electron chi connectivity index (χ0n) is 10.9. The fraction of sp³-hybridized carbons (Fsp3) is 0.500. The highest BCUT2D eigenvalue weighted by Gasteiger charge is 2.40. The largest absolute Gasteiger partial charge is 0.396 e. The van der Waals surface area contributed by atoms with Gasteiger partial charge in [0.15, 0.2) is 0 Å². The average molecular weight is 367 g/mol. The summed E-state index contributed by atoms with van der Waals surface area (Å²) in [4.78, 5) is -0.0797. The van der Waals surface area contributed by atoms with Crippen molar-refractivity contribution in [3.63, 3.8) is 0 Å². The SMILES string of the molecule is CC1CCN(S(=O)(=O)c2cc(N)c(F)cc2Br)C1CO. The van der Waals surface area contributed by atoms with Gasteiger partial charge in [-0.05, 0) is 40.4 Å². The van der Waals surface area contributed by atoms with E-state index in [9.17, 15) is 17.9 Å². The van der Waals surface area contributed by atoms with Gasteiger partial charge in [0.05, 0.1) is 23.2 Å². The summed E-state index contributed by atoms with van der Waals surface area (Å²) in [5.41, 5.74) is 5.23. The van der Waals surface area contributed by atoms with Crippen LogP contribution >= 0.6 is 15.9 Å². The first kappa shape index (κ1) is 15.7. The van der Waals surface area contributed by atoms with Crippen LogP contribution in [0.25, 0.3) is 0 Å². The molecule has 0 saturated carbocycles. The van der Waals surface area contributed by atoms with Gasteiger partial charge >= 0.3 is 0 Å². The molecule has 112 valence electrons. The topological polar surface area (TPSA) is 83.6 Å². The molecule has 0 aliphatic carbocycles. The second kappa shape index (κ2) is 5.59. The maximum Gasteiger partial charge on any atom is 0.244 e. The van der Waals surface area contributed by atoms with Gasteiger partial charge < -0.3 is 10.8 Å². The van der Waals surface area contributed by atoms with Crippen molar-refractivity contribution in [2.24, 2.45) is 5.92 Å². The van der Waals surface area contributed by atoms with Crippen molar-refractivity contribution in [1.82, 2.24) is 4.31 Å². The zero-order chi connectivity index (χ0) is 15.1. The summed E-state index contributed by atoms with van der Waals surface area (Å²) < 4.78 is 40.0. The fourth-order valence-corrected chi connectivity index (χ4v) is 5.15. The van der Waals surface area contributed by atoms with Crippen LogP contribution in [0.5, 0.6) is 0 Å². The third-order valence-corrected chi connectivity index (χ3v) is 6.54. The first-order chi connectivity index (χ1) is 9.28. The van der Waals surface area contributed by atoms with Gasteiger partial charge in [-0.25, -0.2) is 12.8 Å². The molecule has 1 aromatic rings. The number of aliphatic hydroxyl groups excluding tert-OH is 1. The molecule has 1 aromatic carbocycles. The summed E-state index contributed by atoms with van der Waals surface area (Å²) in [5.74, 6) is -0.601. The van der Waals surface area contributed by atoms with E-state index in [-0.39, 0.29) is 27.6 Å². The molecule has 20 heavy (non-hydrogen) atoms. The molecule has 1 heterocycles. The number of anilines is 1. The number of aliphatic hydroxyl groups is 1. The normalized spacial score (nSPS) is 24.2. The van der Waals surface area contributed by atoms with Crippen LogP contribution < -0.4 is 5.73 Å². The van der Waals surface area contributed by atoms with Gasteiger partial charge in [0.1, 0.15) is 5.82 Å². The van der Waals surface area contributed by atoms with Crippen molar-refractivity contribution < 1.29 is 17.9 Å². The molecule has 1 aliphatic heterocycles. The van der Waals surface area contributed by atoms with Crippen LogP contribution in [-0.2, 0) is 10.0 Å². The quantitative estimate of drug-likeness (QED) is 0.795. The number of benzene rings is 1. The molecule has 1 aliphatic rings. The van der Waals surface area contributed by atoms with Crippen LogP contribution in [0.4, 0.5) is 10.1 Å². The van der Waals surface area contributed by atoms with E-state index in [0.29, 0.717) is 13.0 Å². The minimum Gasteiger partial charge on any atom is -0.396 e. The van der Waals surface area contributed by atoms with E-state index in [0.717, 1.165) is 12.1 Å². The summed E-state index contributed by atoms with van der Waals surface area (Å²) in [5, 5.41) is 9.38. The summed E-state index contributed by atoms with van der Waals surface area (Å²) in [7, 11) is -3.82. The Morgan fingerprint density at radius 3 is 2.80 bits per heavy atom. The van der Waals surface area contributed by atoms with E-state index in [4.69, 9.17) is 5.73 Å². The van der Waals surface area contributed by atoms with Crippen molar-refractivity contribution in [2.75, 3.05) is 18.9 Å². The maximum atomic E-state index is 13.3. The average Bonchev–Trinajstić information content (AvgIpc) is 2.75. The molecule has 2 unspecified atom stereocenters. The number of nitrogens with zero attached hydrogens (tertiary/aromatic N) is 1. The predicted molar refractivity (Wildman–Crippen MR) is 77.1 cm³/mol. The van der Waals surface area contributed by atoms with Gasteiger partial charge in [-0.1, -0.05) is 6.92 Å². The molecular formula is C12H16BrFN2O3S. The third kappa shape index (κ3) is 2.57. The van der Waals surface area contributed by atoms with Crippen LogP contribution in [0, 0.1) is 11.7 Å². The van der Waals surface area contributed by atoms with E-state index in [2.05, 4.69) is 15.9 Å². The second-order valence-corrected chi connectivity index (χ2v) is 7.65. The number of halogens is 2. The Balaban J connectivity index is 2.48. The van der Waals surface area contributed by atoms with Gasteiger partial charge in [-0.3, -0.25) is 0 Å². The number of hydrogen-bond donors (Lipinski definition) is 2. The predicted octanol–water partition coefficient (Wildman–Crippen LogP) is 1.56. The highest BCUT2D eigenvalue weighted by Crippen LogP contribution is 2.34. The molecule has 0 radical (unpaired) electrons. The number of sulfonamides is 1. The standard InChI is InChI=1S/C12H16BrFN2O3S/c1-7-2-3-16(11(7)6-17)20(18,19)12-5-10(15)9(14)4-8(12)13/h4-5,7,11,17H,2-3,6,15H2,1H3. The number of rotatable bonds is 3. The van der Waals surface area contributed by atoms with Crippen molar-refractivity contribution >= 4 is 31.6 Å². The highest BCUT2D eigenvalue weighted by atomic mass is 79.9. The maximum absolute atomic E-state index is 13.3. The summed E-state index contributed by atoms with van der Waals surface area (Å²) in [6, 6.07) is 1.68. The molecule has 0 amide bonds. The monoisotopic (exact) mass is 366 g/mol. The van der Waals surface area contributed by atoms with Crippen LogP contribution in [0.1, 0.15) is 13.3 Å². The minimum absolute atomic E-state index is 0.0753. The highest BCUT2D eigenvalue weighted by molar-refractivity contribution is 9.10. The fourth-order valence-electron chi connectivity index (χ4n) is 2.41. The molecule has 3 N–H and O–H groups in total. The third-order valence-electron chi connectivity index (χ3n) is 3.66. The lowest BCUT2D eigenvalue weighted by atomic mass is 10.0. The Hall–Kier alpha value is -0.700. The van der Waals surface area contributed by atoms with E-state index >= 15 is 0 Å². The Labute approximate surface area is 125 Å². The van der Waals surface area contributed by atoms with Crippen molar-refractivity contribution in [2.45, 2.75) is 24.3 Å². The van der Waals surface area contributed by atoms with Gasteiger partial charge in [0.25, 0.3) is 0 Å². The molecule has 2 atom stereocenters. The van der Waals surface area contributed by atoms with E-state index < -0.39 is 21.9 Å². The van der Waals surface area contributed by atoms with Gasteiger partial charge in [0.2, 0.25) is 10.0 Å². The summed E-state index contributed by atoms with van der Waals surface area (Å²) in [6.45, 7) is 1.98. The Morgan fingerprint density at radius 2 is 2.20 bits per heavy atom. The van der Waals surface area contributed by atoms with Crippen molar-refractivity contribution in [3.05, 3.63) is 22.4 Å². The molecule has 1 fully saturated rings. The smallest absolute Gasteiger partial charge is 0.244 e. The first-order valence-electron chi connectivity index (χ1n) is 6.16. The molecule has 1 saturated heterocycles. The molecule has 0 aromatic heterocycles. The minimum atomic E-state index is -3.82. The lowest BCUT2D eigenvalue weighted by molar-refractivity contribution is 0.191. The van der Waals surface area contributed by atoms with Crippen molar-refractivity contribution in [1.29, 1.82) is 0 Å². The lowest BCUT2D eigenvalue weighted by Crippen LogP contribution is -2.39. The van der Waals surface area contributed by atoms with Gasteiger partial charge in [0, 0.05) is 11.0 Å². The molecular weight excluding hydrogens is 351 g/mol. The Kier molecular flexibility index (Phi) is 4.38. The number of hydrogen-bond acceptors (Lipinski definition) is 4.